The molecule has 0 aromatic heterocycles. The van der Waals surface area contributed by atoms with E-state index in [4.69, 9.17) is 5.11 Å². The second kappa shape index (κ2) is 6.91. The highest BCUT2D eigenvalue weighted by molar-refractivity contribution is 4.92. The molecular formula is C16H33NO. The van der Waals surface area contributed by atoms with E-state index < -0.39 is 0 Å². The fourth-order valence-electron chi connectivity index (χ4n) is 3.89. The van der Waals surface area contributed by atoms with Gasteiger partial charge in [-0.3, -0.25) is 0 Å². The van der Waals surface area contributed by atoms with Gasteiger partial charge in [0.05, 0.1) is 0 Å². The lowest BCUT2D eigenvalue weighted by molar-refractivity contribution is 0.0850. The number of unbranched alkanes of at least 4 members (excludes halogenated alkanes) is 3. The Morgan fingerprint density at radius 2 is 1.50 bits per heavy atom. The summed E-state index contributed by atoms with van der Waals surface area (Å²) in [5.74, 6) is 0. The van der Waals surface area contributed by atoms with Crippen molar-refractivity contribution in [1.82, 2.24) is 5.32 Å². The molecule has 1 saturated carbocycles. The topological polar surface area (TPSA) is 32.3 Å². The molecule has 18 heavy (non-hydrogen) atoms. The van der Waals surface area contributed by atoms with Crippen LogP contribution in [0.2, 0.25) is 0 Å². The van der Waals surface area contributed by atoms with Crippen LogP contribution >= 0.6 is 0 Å². The Bertz CT molecular complexity index is 219. The predicted molar refractivity (Wildman–Crippen MR) is 78.8 cm³/mol. The molecule has 0 heterocycles. The summed E-state index contributed by atoms with van der Waals surface area (Å²) >= 11 is 0. The number of rotatable bonds is 7. The van der Waals surface area contributed by atoms with Gasteiger partial charge in [-0.05, 0) is 49.5 Å². The van der Waals surface area contributed by atoms with E-state index in [0.717, 1.165) is 13.0 Å². The lowest BCUT2D eigenvalue weighted by atomic mass is 9.63. The second-order valence-electron chi connectivity index (χ2n) is 7.70. The van der Waals surface area contributed by atoms with Crippen LogP contribution in [-0.2, 0) is 0 Å². The van der Waals surface area contributed by atoms with Gasteiger partial charge in [0.2, 0.25) is 0 Å². The number of nitrogens with one attached hydrogen (secondary N) is 1. The first-order chi connectivity index (χ1) is 8.35. The summed E-state index contributed by atoms with van der Waals surface area (Å²) in [6, 6.07) is 0.696. The minimum absolute atomic E-state index is 0.346. The number of aliphatic hydroxyl groups is 1. The van der Waals surface area contributed by atoms with E-state index in [1.807, 2.05) is 0 Å². The van der Waals surface area contributed by atoms with Gasteiger partial charge in [-0.25, -0.2) is 0 Å². The molecule has 0 radical (unpaired) electrons. The zero-order valence-electron chi connectivity index (χ0n) is 12.9. The lowest BCUT2D eigenvalue weighted by Crippen LogP contribution is -2.44. The third-order valence-electron chi connectivity index (χ3n) is 4.07. The normalized spacial score (nSPS) is 23.2. The van der Waals surface area contributed by atoms with Gasteiger partial charge in [0.15, 0.2) is 0 Å². The van der Waals surface area contributed by atoms with Crippen LogP contribution in [0.1, 0.15) is 72.6 Å². The molecule has 108 valence electrons. The van der Waals surface area contributed by atoms with Crippen LogP contribution in [0, 0.1) is 10.8 Å². The van der Waals surface area contributed by atoms with Crippen molar-refractivity contribution >= 4 is 0 Å². The average Bonchev–Trinajstić information content (AvgIpc) is 2.18. The fourth-order valence-corrected chi connectivity index (χ4v) is 3.89. The summed E-state index contributed by atoms with van der Waals surface area (Å²) in [6.45, 7) is 11.1. The highest BCUT2D eigenvalue weighted by Crippen LogP contribution is 2.45. The molecule has 1 aliphatic rings. The monoisotopic (exact) mass is 255 g/mol. The lowest BCUT2D eigenvalue weighted by Gasteiger charge is -2.45. The zero-order valence-corrected chi connectivity index (χ0v) is 12.9. The van der Waals surface area contributed by atoms with E-state index in [1.54, 1.807) is 0 Å². The van der Waals surface area contributed by atoms with Gasteiger partial charge in [0, 0.05) is 12.6 Å². The summed E-state index contributed by atoms with van der Waals surface area (Å²) in [5, 5.41) is 12.5. The van der Waals surface area contributed by atoms with Gasteiger partial charge >= 0.3 is 0 Å². The second-order valence-corrected chi connectivity index (χ2v) is 7.70. The molecule has 1 fully saturated rings. The third-order valence-corrected chi connectivity index (χ3v) is 4.07. The van der Waals surface area contributed by atoms with Gasteiger partial charge in [0.1, 0.15) is 0 Å². The molecule has 0 unspecified atom stereocenters. The van der Waals surface area contributed by atoms with Gasteiger partial charge in [0.25, 0.3) is 0 Å². The first-order valence-electron chi connectivity index (χ1n) is 7.69. The molecule has 0 spiro atoms. The number of hydrogen-bond acceptors (Lipinski definition) is 2. The van der Waals surface area contributed by atoms with Gasteiger partial charge in [-0.1, -0.05) is 40.5 Å². The molecule has 1 aliphatic carbocycles. The largest absolute Gasteiger partial charge is 0.396 e. The molecule has 0 aromatic rings. The SMILES string of the molecule is CC1(C)CC(NCCCCCCO)CC(C)(C)C1. The maximum atomic E-state index is 8.73. The Balaban J connectivity index is 2.21. The summed E-state index contributed by atoms with van der Waals surface area (Å²) in [5.41, 5.74) is 0.965. The summed E-state index contributed by atoms with van der Waals surface area (Å²) in [6.07, 6.45) is 8.59. The summed E-state index contributed by atoms with van der Waals surface area (Å²) in [7, 11) is 0. The van der Waals surface area contributed by atoms with Crippen LogP contribution in [0.4, 0.5) is 0 Å². The smallest absolute Gasteiger partial charge is 0.0431 e. The highest BCUT2D eigenvalue weighted by atomic mass is 16.2. The van der Waals surface area contributed by atoms with Crippen LogP contribution in [-0.4, -0.2) is 24.3 Å². The molecule has 0 atom stereocenters. The zero-order chi connectivity index (χ0) is 13.6. The van der Waals surface area contributed by atoms with Crippen molar-refractivity contribution in [3.05, 3.63) is 0 Å². The van der Waals surface area contributed by atoms with E-state index in [-0.39, 0.29) is 0 Å². The van der Waals surface area contributed by atoms with Crippen molar-refractivity contribution in [2.24, 2.45) is 10.8 Å². The Morgan fingerprint density at radius 3 is 2.06 bits per heavy atom. The molecule has 0 amide bonds. The van der Waals surface area contributed by atoms with Crippen LogP contribution < -0.4 is 5.32 Å². The van der Waals surface area contributed by atoms with E-state index in [2.05, 4.69) is 33.0 Å². The van der Waals surface area contributed by atoms with Crippen molar-refractivity contribution in [3.8, 4) is 0 Å². The van der Waals surface area contributed by atoms with Crippen molar-refractivity contribution < 1.29 is 5.11 Å². The minimum Gasteiger partial charge on any atom is -0.396 e. The Kier molecular flexibility index (Phi) is 6.13. The van der Waals surface area contributed by atoms with Crippen molar-refractivity contribution in [2.75, 3.05) is 13.2 Å². The third kappa shape index (κ3) is 6.19. The molecule has 0 aromatic carbocycles. The Labute approximate surface area is 114 Å². The average molecular weight is 255 g/mol. The van der Waals surface area contributed by atoms with E-state index in [1.165, 1.54) is 38.5 Å². The minimum atomic E-state index is 0.346. The van der Waals surface area contributed by atoms with Crippen molar-refractivity contribution in [1.29, 1.82) is 0 Å². The Hall–Kier alpha value is -0.0800. The molecule has 0 aliphatic heterocycles. The molecule has 2 heteroatoms. The van der Waals surface area contributed by atoms with Crippen molar-refractivity contribution in [2.45, 2.75) is 78.7 Å². The van der Waals surface area contributed by atoms with Gasteiger partial charge in [-0.2, -0.15) is 0 Å². The molecule has 1 rings (SSSR count). The maximum absolute atomic E-state index is 8.73. The van der Waals surface area contributed by atoms with E-state index >= 15 is 0 Å². The van der Waals surface area contributed by atoms with Crippen LogP contribution in [0.3, 0.4) is 0 Å². The van der Waals surface area contributed by atoms with Gasteiger partial charge in [-0.15, -0.1) is 0 Å². The predicted octanol–water partition coefficient (Wildman–Crippen LogP) is 3.73. The first kappa shape index (κ1) is 16.0. The van der Waals surface area contributed by atoms with Crippen LogP contribution in [0.5, 0.6) is 0 Å². The maximum Gasteiger partial charge on any atom is 0.0431 e. The highest BCUT2D eigenvalue weighted by Gasteiger charge is 2.37. The van der Waals surface area contributed by atoms with Crippen LogP contribution in [0.25, 0.3) is 0 Å². The van der Waals surface area contributed by atoms with E-state index in [0.29, 0.717) is 23.5 Å². The van der Waals surface area contributed by atoms with Crippen LogP contribution in [0.15, 0.2) is 0 Å². The number of aliphatic hydroxyl groups excluding tert-OH is 1. The fraction of sp³-hybridized carbons (Fsp3) is 1.00. The molecular weight excluding hydrogens is 222 g/mol. The molecule has 0 saturated heterocycles. The molecule has 2 nitrogen and oxygen atoms in total. The number of hydrogen-bond donors (Lipinski definition) is 2. The summed E-state index contributed by atoms with van der Waals surface area (Å²) in [4.78, 5) is 0. The molecule has 2 N–H and O–H groups in total. The standard InChI is InChI=1S/C16H33NO/c1-15(2)11-14(12-16(3,4)13-15)17-9-7-5-6-8-10-18/h14,17-18H,5-13H2,1-4H3. The van der Waals surface area contributed by atoms with E-state index in [9.17, 15) is 0 Å². The summed E-state index contributed by atoms with van der Waals surface area (Å²) < 4.78 is 0. The first-order valence-corrected chi connectivity index (χ1v) is 7.69. The van der Waals surface area contributed by atoms with Gasteiger partial charge < -0.3 is 10.4 Å². The Morgan fingerprint density at radius 1 is 0.944 bits per heavy atom. The quantitative estimate of drug-likeness (QED) is 0.679. The van der Waals surface area contributed by atoms with Crippen molar-refractivity contribution in [3.63, 3.8) is 0 Å². The molecule has 0 bridgehead atoms.